The van der Waals surface area contributed by atoms with E-state index in [-0.39, 0.29) is 10.9 Å². The fourth-order valence-corrected chi connectivity index (χ4v) is 4.08. The molecular weight excluding hydrogens is 465 g/mol. The van der Waals surface area contributed by atoms with Gasteiger partial charge in [-0.2, -0.15) is 0 Å². The van der Waals surface area contributed by atoms with E-state index in [1.807, 2.05) is 41.0 Å². The van der Waals surface area contributed by atoms with Gasteiger partial charge in [0, 0.05) is 29.3 Å². The molecule has 4 rings (SSSR count). The van der Waals surface area contributed by atoms with Gasteiger partial charge in [-0.3, -0.25) is 14.3 Å². The van der Waals surface area contributed by atoms with E-state index in [1.165, 1.54) is 30.0 Å². The number of aromatic nitrogens is 4. The Morgan fingerprint density at radius 1 is 1.12 bits per heavy atom. The maximum absolute atomic E-state index is 13.4. The third-order valence-corrected chi connectivity index (χ3v) is 6.07. The van der Waals surface area contributed by atoms with Crippen LogP contribution in [-0.4, -0.2) is 38.0 Å². The lowest BCUT2D eigenvalue weighted by atomic mass is 10.2. The molecule has 1 amide bonds. The first kappa shape index (κ1) is 22.8. The number of hydrogen-bond acceptors (Lipinski definition) is 6. The Morgan fingerprint density at radius 2 is 1.85 bits per heavy atom. The van der Waals surface area contributed by atoms with E-state index < -0.39 is 11.1 Å². The Balaban J connectivity index is 1.63. The molecule has 1 unspecified atom stereocenters. The van der Waals surface area contributed by atoms with E-state index in [4.69, 9.17) is 16.3 Å². The van der Waals surface area contributed by atoms with Gasteiger partial charge in [-0.15, -0.1) is 10.2 Å². The van der Waals surface area contributed by atoms with Crippen LogP contribution in [0.3, 0.4) is 0 Å². The summed E-state index contributed by atoms with van der Waals surface area (Å²) in [6.07, 6.45) is 3.36. The van der Waals surface area contributed by atoms with Crippen molar-refractivity contribution < 1.29 is 13.9 Å². The van der Waals surface area contributed by atoms with Crippen LogP contribution >= 0.6 is 23.4 Å². The van der Waals surface area contributed by atoms with Crippen LogP contribution in [0.5, 0.6) is 5.75 Å². The summed E-state index contributed by atoms with van der Waals surface area (Å²) in [5.41, 5.74) is 2.05. The van der Waals surface area contributed by atoms with Crippen molar-refractivity contribution >= 4 is 35.0 Å². The van der Waals surface area contributed by atoms with E-state index in [1.54, 1.807) is 26.4 Å². The maximum atomic E-state index is 13.4. The van der Waals surface area contributed by atoms with Gasteiger partial charge < -0.3 is 10.1 Å². The first-order valence-corrected chi connectivity index (χ1v) is 11.1. The fourth-order valence-electron chi connectivity index (χ4n) is 3.03. The molecule has 0 spiro atoms. The number of carbonyl (C=O) groups is 1. The quantitative estimate of drug-likeness (QED) is 0.361. The predicted molar refractivity (Wildman–Crippen MR) is 127 cm³/mol. The molecule has 0 radical (unpaired) electrons. The molecule has 0 aliphatic rings. The van der Waals surface area contributed by atoms with Crippen molar-refractivity contribution in [1.82, 2.24) is 19.7 Å². The highest BCUT2D eigenvalue weighted by Gasteiger charge is 2.22. The van der Waals surface area contributed by atoms with Gasteiger partial charge in [0.05, 0.1) is 17.4 Å². The number of pyridine rings is 1. The van der Waals surface area contributed by atoms with Crippen molar-refractivity contribution in [3.05, 3.63) is 77.8 Å². The molecule has 4 aromatic rings. The third-order valence-electron chi connectivity index (χ3n) is 4.74. The number of halogens is 2. The summed E-state index contributed by atoms with van der Waals surface area (Å²) in [5.74, 6) is 0.505. The SMILES string of the molecule is COc1ccc(-n2c(SC(C)C(=O)Nc3ccc(F)c(Cl)c3)nnc2-c2ccncc2)cc1. The molecule has 33 heavy (non-hydrogen) atoms. The molecule has 0 bridgehead atoms. The molecule has 7 nitrogen and oxygen atoms in total. The average Bonchev–Trinajstić information content (AvgIpc) is 3.25. The van der Waals surface area contributed by atoms with Crippen molar-refractivity contribution in [2.24, 2.45) is 0 Å². The predicted octanol–water partition coefficient (Wildman–Crippen LogP) is 5.25. The van der Waals surface area contributed by atoms with E-state index in [9.17, 15) is 9.18 Å². The van der Waals surface area contributed by atoms with Gasteiger partial charge in [0.25, 0.3) is 0 Å². The second kappa shape index (κ2) is 10.0. The minimum absolute atomic E-state index is 0.0608. The Hall–Kier alpha value is -3.43. The Bertz CT molecular complexity index is 1270. The van der Waals surface area contributed by atoms with E-state index in [2.05, 4.69) is 20.5 Å². The largest absolute Gasteiger partial charge is 0.497 e. The van der Waals surface area contributed by atoms with Crippen molar-refractivity contribution in [3.8, 4) is 22.8 Å². The number of amides is 1. The lowest BCUT2D eigenvalue weighted by Crippen LogP contribution is -2.23. The number of hydrogen-bond donors (Lipinski definition) is 1. The van der Waals surface area contributed by atoms with Gasteiger partial charge in [0.15, 0.2) is 11.0 Å². The topological polar surface area (TPSA) is 81.9 Å². The van der Waals surface area contributed by atoms with Crippen LogP contribution in [0.25, 0.3) is 17.1 Å². The number of thioether (sulfide) groups is 1. The Kier molecular flexibility index (Phi) is 6.90. The monoisotopic (exact) mass is 483 g/mol. The van der Waals surface area contributed by atoms with E-state index in [0.717, 1.165) is 17.0 Å². The summed E-state index contributed by atoms with van der Waals surface area (Å²) in [6.45, 7) is 1.75. The number of carbonyl (C=O) groups excluding carboxylic acids is 1. The molecule has 10 heteroatoms. The zero-order chi connectivity index (χ0) is 23.4. The summed E-state index contributed by atoms with van der Waals surface area (Å²) in [4.78, 5) is 16.8. The summed E-state index contributed by atoms with van der Waals surface area (Å²) in [6, 6.07) is 15.2. The minimum Gasteiger partial charge on any atom is -0.497 e. The molecule has 0 saturated carbocycles. The van der Waals surface area contributed by atoms with Crippen molar-refractivity contribution in [1.29, 1.82) is 0 Å². The Labute approximate surface area is 199 Å². The number of nitrogens with one attached hydrogen (secondary N) is 1. The number of nitrogens with zero attached hydrogens (tertiary/aromatic N) is 4. The van der Waals surface area contributed by atoms with Gasteiger partial charge in [-0.25, -0.2) is 4.39 Å². The van der Waals surface area contributed by atoms with Crippen LogP contribution in [0, 0.1) is 5.82 Å². The van der Waals surface area contributed by atoms with Crippen LogP contribution in [0.15, 0.2) is 72.1 Å². The summed E-state index contributed by atoms with van der Waals surface area (Å²) >= 11 is 7.06. The lowest BCUT2D eigenvalue weighted by molar-refractivity contribution is -0.115. The van der Waals surface area contributed by atoms with Gasteiger partial charge in [-0.05, 0) is 61.5 Å². The third kappa shape index (κ3) is 5.15. The molecule has 168 valence electrons. The summed E-state index contributed by atoms with van der Waals surface area (Å²) < 4.78 is 20.5. The molecule has 1 N–H and O–H groups in total. The highest BCUT2D eigenvalue weighted by molar-refractivity contribution is 8.00. The number of methoxy groups -OCH3 is 1. The van der Waals surface area contributed by atoms with Crippen molar-refractivity contribution in [2.75, 3.05) is 12.4 Å². The van der Waals surface area contributed by atoms with E-state index >= 15 is 0 Å². The van der Waals surface area contributed by atoms with Crippen LogP contribution in [-0.2, 0) is 4.79 Å². The first-order valence-electron chi connectivity index (χ1n) is 9.89. The molecule has 0 fully saturated rings. The van der Waals surface area contributed by atoms with Gasteiger partial charge in [0.1, 0.15) is 11.6 Å². The lowest BCUT2D eigenvalue weighted by Gasteiger charge is -2.14. The molecule has 0 aliphatic heterocycles. The van der Waals surface area contributed by atoms with Crippen molar-refractivity contribution in [3.63, 3.8) is 0 Å². The second-order valence-corrected chi connectivity index (χ2v) is 8.67. The normalized spacial score (nSPS) is 11.8. The van der Waals surface area contributed by atoms with Gasteiger partial charge in [-0.1, -0.05) is 23.4 Å². The molecule has 0 aliphatic carbocycles. The number of anilines is 1. The zero-order valence-corrected chi connectivity index (χ0v) is 19.3. The van der Waals surface area contributed by atoms with Crippen LogP contribution in [0.2, 0.25) is 5.02 Å². The molecular formula is C23H19ClFN5O2S. The first-order chi connectivity index (χ1) is 16.0. The zero-order valence-electron chi connectivity index (χ0n) is 17.7. The van der Waals surface area contributed by atoms with Crippen LogP contribution in [0.1, 0.15) is 6.92 Å². The molecule has 2 heterocycles. The number of benzene rings is 2. The highest BCUT2D eigenvalue weighted by atomic mass is 35.5. The van der Waals surface area contributed by atoms with Crippen molar-refractivity contribution in [2.45, 2.75) is 17.3 Å². The highest BCUT2D eigenvalue weighted by Crippen LogP contribution is 2.31. The summed E-state index contributed by atoms with van der Waals surface area (Å²) in [7, 11) is 1.60. The number of ether oxygens (including phenoxy) is 1. The number of rotatable bonds is 7. The molecule has 2 aromatic carbocycles. The average molecular weight is 484 g/mol. The fraction of sp³-hybridized carbons (Fsp3) is 0.130. The van der Waals surface area contributed by atoms with Crippen LogP contribution < -0.4 is 10.1 Å². The van der Waals surface area contributed by atoms with Crippen LogP contribution in [0.4, 0.5) is 10.1 Å². The summed E-state index contributed by atoms with van der Waals surface area (Å²) in [5, 5.41) is 11.4. The molecule has 0 saturated heterocycles. The van der Waals surface area contributed by atoms with Gasteiger partial charge >= 0.3 is 0 Å². The smallest absolute Gasteiger partial charge is 0.237 e. The van der Waals surface area contributed by atoms with E-state index in [0.29, 0.717) is 16.7 Å². The molecule has 2 aromatic heterocycles. The molecule has 1 atom stereocenters. The maximum Gasteiger partial charge on any atom is 0.237 e. The Morgan fingerprint density at radius 3 is 2.52 bits per heavy atom. The minimum atomic E-state index is -0.548. The second-order valence-electron chi connectivity index (χ2n) is 6.95. The standard InChI is InChI=1S/C23H19ClFN5O2S/c1-14(22(31)27-16-3-8-20(25)19(24)13-16)33-23-29-28-21(15-9-11-26-12-10-15)30(23)17-4-6-18(32-2)7-5-17/h3-14H,1-2H3,(H,27,31). The van der Waals surface area contributed by atoms with Gasteiger partial charge in [0.2, 0.25) is 5.91 Å².